The Bertz CT molecular complexity index is 492. The fourth-order valence-electron chi connectivity index (χ4n) is 2.63. The second-order valence-electron chi connectivity index (χ2n) is 5.51. The smallest absolute Gasteiger partial charge is 0.407 e. The van der Waals surface area contributed by atoms with Crippen LogP contribution in [0.4, 0.5) is 9.59 Å². The maximum atomic E-state index is 11.6. The number of carbonyl (C=O) groups is 2. The van der Waals surface area contributed by atoms with Gasteiger partial charge in [-0.2, -0.15) is 0 Å². The number of likely N-dealkylation sites (tertiary alicyclic amines) is 1. The van der Waals surface area contributed by atoms with Crippen LogP contribution in [-0.2, 0) is 11.3 Å². The van der Waals surface area contributed by atoms with Crippen molar-refractivity contribution in [2.75, 3.05) is 19.6 Å². The van der Waals surface area contributed by atoms with E-state index in [1.807, 2.05) is 30.3 Å². The van der Waals surface area contributed by atoms with Gasteiger partial charge < -0.3 is 20.1 Å². The Balaban J connectivity index is 1.61. The van der Waals surface area contributed by atoms with Crippen molar-refractivity contribution in [3.05, 3.63) is 35.9 Å². The molecule has 0 radical (unpaired) electrons. The first-order chi connectivity index (χ1) is 10.6. The minimum atomic E-state index is -0.861. The number of nitrogens with zero attached hydrogens (tertiary/aromatic N) is 1. The molecule has 1 fully saturated rings. The molecule has 1 aromatic rings. The highest BCUT2D eigenvalue weighted by Crippen LogP contribution is 2.19. The minimum absolute atomic E-state index is 0.253. The van der Waals surface area contributed by atoms with Crippen LogP contribution in [0.15, 0.2) is 30.3 Å². The van der Waals surface area contributed by atoms with E-state index in [0.29, 0.717) is 25.6 Å². The Morgan fingerprint density at radius 2 is 2.09 bits per heavy atom. The van der Waals surface area contributed by atoms with Gasteiger partial charge in [0.05, 0.1) is 0 Å². The van der Waals surface area contributed by atoms with Gasteiger partial charge in [0.15, 0.2) is 0 Å². The van der Waals surface area contributed by atoms with E-state index in [4.69, 9.17) is 9.84 Å². The molecule has 6 heteroatoms. The summed E-state index contributed by atoms with van der Waals surface area (Å²) in [4.78, 5) is 24.0. The molecule has 1 aliphatic rings. The fraction of sp³-hybridized carbons (Fsp3) is 0.500. The van der Waals surface area contributed by atoms with Gasteiger partial charge in [-0.25, -0.2) is 9.59 Å². The van der Waals surface area contributed by atoms with Crippen molar-refractivity contribution in [2.45, 2.75) is 25.9 Å². The highest BCUT2D eigenvalue weighted by atomic mass is 16.5. The van der Waals surface area contributed by atoms with Crippen LogP contribution in [0, 0.1) is 5.92 Å². The summed E-state index contributed by atoms with van der Waals surface area (Å²) in [5.74, 6) is 0.305. The number of hydrogen-bond acceptors (Lipinski definition) is 3. The van der Waals surface area contributed by atoms with Crippen molar-refractivity contribution in [3.8, 4) is 0 Å². The summed E-state index contributed by atoms with van der Waals surface area (Å²) < 4.78 is 5.12. The molecule has 0 unspecified atom stereocenters. The Labute approximate surface area is 130 Å². The summed E-state index contributed by atoms with van der Waals surface area (Å²) in [6.07, 6.45) is 1.36. The quantitative estimate of drug-likeness (QED) is 0.876. The molecule has 1 saturated heterocycles. The van der Waals surface area contributed by atoms with Crippen molar-refractivity contribution in [3.63, 3.8) is 0 Å². The standard InChI is InChI=1S/C16H22N2O4/c19-15(22-12-14-5-2-1-3-6-14)17-9-8-13-7-4-10-18(11-13)16(20)21/h1-3,5-6,13H,4,7-12H2,(H,17,19)(H,20,21)/t13-/m1/s1. The molecule has 2 N–H and O–H groups in total. The van der Waals surface area contributed by atoms with Gasteiger partial charge in [-0.1, -0.05) is 30.3 Å². The number of carboxylic acid groups (broad SMARTS) is 1. The molecule has 2 rings (SSSR count). The zero-order valence-electron chi connectivity index (χ0n) is 12.5. The first kappa shape index (κ1) is 16.1. The minimum Gasteiger partial charge on any atom is -0.465 e. The number of carbonyl (C=O) groups excluding carboxylic acids is 1. The van der Waals surface area contributed by atoms with E-state index in [1.165, 1.54) is 4.90 Å². The van der Waals surface area contributed by atoms with Crippen LogP contribution in [0.5, 0.6) is 0 Å². The average molecular weight is 306 g/mol. The second-order valence-corrected chi connectivity index (χ2v) is 5.51. The van der Waals surface area contributed by atoms with E-state index < -0.39 is 12.2 Å². The summed E-state index contributed by atoms with van der Waals surface area (Å²) in [5.41, 5.74) is 0.946. The number of hydrogen-bond donors (Lipinski definition) is 2. The van der Waals surface area contributed by atoms with Gasteiger partial charge in [0.2, 0.25) is 0 Å². The van der Waals surface area contributed by atoms with Gasteiger partial charge in [0.25, 0.3) is 0 Å². The third-order valence-electron chi connectivity index (χ3n) is 3.82. The van der Waals surface area contributed by atoms with Crippen molar-refractivity contribution >= 4 is 12.2 Å². The molecule has 0 aliphatic carbocycles. The number of nitrogens with one attached hydrogen (secondary N) is 1. The maximum Gasteiger partial charge on any atom is 0.407 e. The molecule has 0 spiro atoms. The highest BCUT2D eigenvalue weighted by molar-refractivity contribution is 5.67. The lowest BCUT2D eigenvalue weighted by Crippen LogP contribution is -2.40. The van der Waals surface area contributed by atoms with E-state index in [0.717, 1.165) is 24.8 Å². The lowest BCUT2D eigenvalue weighted by molar-refractivity contribution is 0.116. The van der Waals surface area contributed by atoms with Gasteiger partial charge in [-0.3, -0.25) is 0 Å². The van der Waals surface area contributed by atoms with Crippen LogP contribution in [-0.4, -0.2) is 41.8 Å². The summed E-state index contributed by atoms with van der Waals surface area (Å²) in [6, 6.07) is 9.50. The van der Waals surface area contributed by atoms with Gasteiger partial charge in [0, 0.05) is 19.6 Å². The molecule has 0 aromatic heterocycles. The van der Waals surface area contributed by atoms with Crippen LogP contribution < -0.4 is 5.32 Å². The van der Waals surface area contributed by atoms with Gasteiger partial charge in [0.1, 0.15) is 6.61 Å². The number of amides is 2. The Hall–Kier alpha value is -2.24. The molecule has 1 aliphatic heterocycles. The van der Waals surface area contributed by atoms with Gasteiger partial charge in [-0.15, -0.1) is 0 Å². The monoisotopic (exact) mass is 306 g/mol. The predicted molar refractivity (Wildman–Crippen MR) is 81.6 cm³/mol. The van der Waals surface area contributed by atoms with E-state index in [2.05, 4.69) is 5.32 Å². The Kier molecular flexibility index (Phi) is 6.06. The molecule has 0 bridgehead atoms. The number of rotatable bonds is 5. The lowest BCUT2D eigenvalue weighted by Gasteiger charge is -2.30. The molecule has 22 heavy (non-hydrogen) atoms. The molecule has 0 saturated carbocycles. The SMILES string of the molecule is O=C(NCC[C@H]1CCCN(C(=O)O)C1)OCc1ccccc1. The lowest BCUT2D eigenvalue weighted by atomic mass is 9.95. The summed E-state index contributed by atoms with van der Waals surface area (Å²) in [7, 11) is 0. The Morgan fingerprint density at radius 3 is 2.82 bits per heavy atom. The number of alkyl carbamates (subject to hydrolysis) is 1. The third kappa shape index (κ3) is 5.27. The molecule has 1 atom stereocenters. The first-order valence-electron chi connectivity index (χ1n) is 7.57. The molecular weight excluding hydrogens is 284 g/mol. The van der Waals surface area contributed by atoms with Crippen molar-refractivity contribution in [1.82, 2.24) is 10.2 Å². The molecule has 120 valence electrons. The summed E-state index contributed by atoms with van der Waals surface area (Å²) in [5, 5.41) is 11.7. The zero-order valence-corrected chi connectivity index (χ0v) is 12.5. The molecule has 1 aromatic carbocycles. The van der Waals surface area contributed by atoms with Crippen LogP contribution >= 0.6 is 0 Å². The molecule has 1 heterocycles. The highest BCUT2D eigenvalue weighted by Gasteiger charge is 2.22. The average Bonchev–Trinajstić information content (AvgIpc) is 2.54. The van der Waals surface area contributed by atoms with E-state index in [-0.39, 0.29) is 6.61 Å². The fourth-order valence-corrected chi connectivity index (χ4v) is 2.63. The van der Waals surface area contributed by atoms with Crippen LogP contribution in [0.25, 0.3) is 0 Å². The van der Waals surface area contributed by atoms with Crippen molar-refractivity contribution in [1.29, 1.82) is 0 Å². The van der Waals surface area contributed by atoms with Crippen LogP contribution in [0.1, 0.15) is 24.8 Å². The maximum absolute atomic E-state index is 11.6. The summed E-state index contributed by atoms with van der Waals surface area (Å²) >= 11 is 0. The second kappa shape index (κ2) is 8.26. The van der Waals surface area contributed by atoms with E-state index >= 15 is 0 Å². The van der Waals surface area contributed by atoms with Gasteiger partial charge in [-0.05, 0) is 30.7 Å². The predicted octanol–water partition coefficient (Wildman–Crippen LogP) is 2.69. The molecule has 6 nitrogen and oxygen atoms in total. The molecular formula is C16H22N2O4. The number of ether oxygens (including phenoxy) is 1. The van der Waals surface area contributed by atoms with E-state index in [9.17, 15) is 9.59 Å². The third-order valence-corrected chi connectivity index (χ3v) is 3.82. The number of benzene rings is 1. The van der Waals surface area contributed by atoms with Gasteiger partial charge >= 0.3 is 12.2 Å². The first-order valence-corrected chi connectivity index (χ1v) is 7.57. The van der Waals surface area contributed by atoms with Crippen molar-refractivity contribution in [2.24, 2.45) is 5.92 Å². The largest absolute Gasteiger partial charge is 0.465 e. The summed E-state index contributed by atoms with van der Waals surface area (Å²) in [6.45, 7) is 1.92. The normalized spacial score (nSPS) is 17.8. The number of piperidine rings is 1. The topological polar surface area (TPSA) is 78.9 Å². The van der Waals surface area contributed by atoms with E-state index in [1.54, 1.807) is 0 Å². The van der Waals surface area contributed by atoms with Crippen molar-refractivity contribution < 1.29 is 19.4 Å². The zero-order chi connectivity index (χ0) is 15.8. The van der Waals surface area contributed by atoms with Crippen LogP contribution in [0.2, 0.25) is 0 Å². The van der Waals surface area contributed by atoms with Crippen LogP contribution in [0.3, 0.4) is 0 Å². The Morgan fingerprint density at radius 1 is 1.32 bits per heavy atom. The molecule has 2 amide bonds.